The lowest BCUT2D eigenvalue weighted by molar-refractivity contribution is -0.123. The van der Waals surface area contributed by atoms with E-state index in [1.165, 1.54) is 53.5 Å². The van der Waals surface area contributed by atoms with Gasteiger partial charge in [0.05, 0.1) is 11.9 Å². The number of aromatic nitrogens is 2. The number of fused-ring (bicyclic) bond motifs is 1. The van der Waals surface area contributed by atoms with E-state index in [2.05, 4.69) is 59.5 Å². The van der Waals surface area contributed by atoms with Crippen molar-refractivity contribution in [2.75, 3.05) is 0 Å². The molecule has 1 amide bonds. The van der Waals surface area contributed by atoms with E-state index in [9.17, 15) is 4.79 Å². The maximum absolute atomic E-state index is 12.8. The van der Waals surface area contributed by atoms with Gasteiger partial charge in [-0.15, -0.1) is 0 Å². The largest absolute Gasteiger partial charge is 0.354 e. The maximum Gasteiger partial charge on any atom is 0.224 e. The standard InChI is InChI=1S/C28H36N4O/c1-16(2)26-23-14-19(8-9-24(23)31-27(26)20-10-11-30-17(3)12-20)21-15-22(21)28(33)32-25(29)13-18-6-4-5-7-18/h8-12,14,16,18,21-22,25,31H,4-7,13,15,29H2,1-3H3,(H,32,33)/t21-,22+,25?/m0/s1. The quantitative estimate of drug-likeness (QED) is 0.406. The summed E-state index contributed by atoms with van der Waals surface area (Å²) in [5, 5.41) is 4.35. The van der Waals surface area contributed by atoms with Crippen molar-refractivity contribution in [2.45, 2.75) is 77.3 Å². The molecule has 1 aromatic carbocycles. The smallest absolute Gasteiger partial charge is 0.224 e. The van der Waals surface area contributed by atoms with Gasteiger partial charge in [-0.2, -0.15) is 0 Å². The van der Waals surface area contributed by atoms with E-state index in [-0.39, 0.29) is 23.9 Å². The molecule has 2 aliphatic carbocycles. The third kappa shape index (κ3) is 4.56. The Balaban J connectivity index is 1.34. The van der Waals surface area contributed by atoms with Gasteiger partial charge in [0, 0.05) is 34.3 Å². The van der Waals surface area contributed by atoms with Gasteiger partial charge in [-0.05, 0) is 72.9 Å². The molecule has 1 unspecified atom stereocenters. The summed E-state index contributed by atoms with van der Waals surface area (Å²) in [6.07, 6.45) is 8.59. The molecule has 33 heavy (non-hydrogen) atoms. The fourth-order valence-corrected chi connectivity index (χ4v) is 5.80. The molecule has 0 saturated heterocycles. The number of nitrogens with zero attached hydrogens (tertiary/aromatic N) is 1. The summed E-state index contributed by atoms with van der Waals surface area (Å²) in [7, 11) is 0. The molecule has 2 aromatic heterocycles. The van der Waals surface area contributed by atoms with E-state index in [4.69, 9.17) is 5.73 Å². The highest BCUT2D eigenvalue weighted by Crippen LogP contribution is 2.49. The van der Waals surface area contributed by atoms with Crippen LogP contribution in [-0.2, 0) is 4.79 Å². The zero-order valence-electron chi connectivity index (χ0n) is 20.0. The summed E-state index contributed by atoms with van der Waals surface area (Å²) in [6, 6.07) is 10.9. The second-order valence-corrected chi connectivity index (χ2v) is 10.5. The Bertz CT molecular complexity index is 1160. The first-order valence-corrected chi connectivity index (χ1v) is 12.5. The van der Waals surface area contributed by atoms with Crippen LogP contribution in [0.4, 0.5) is 0 Å². The molecule has 0 aliphatic heterocycles. The summed E-state index contributed by atoms with van der Waals surface area (Å²) >= 11 is 0. The normalized spacial score (nSPS) is 21.6. The lowest BCUT2D eigenvalue weighted by Crippen LogP contribution is -2.43. The highest BCUT2D eigenvalue weighted by atomic mass is 16.2. The van der Waals surface area contributed by atoms with Gasteiger partial charge >= 0.3 is 0 Å². The molecule has 5 heteroatoms. The predicted molar refractivity (Wildman–Crippen MR) is 134 cm³/mol. The van der Waals surface area contributed by atoms with Crippen LogP contribution in [-0.4, -0.2) is 22.0 Å². The number of amides is 1. The van der Waals surface area contributed by atoms with E-state index in [0.29, 0.717) is 11.8 Å². The molecule has 5 nitrogen and oxygen atoms in total. The molecule has 3 aromatic rings. The van der Waals surface area contributed by atoms with Crippen LogP contribution in [0.1, 0.15) is 81.0 Å². The number of nitrogens with two attached hydrogens (primary N) is 1. The van der Waals surface area contributed by atoms with Gasteiger partial charge in [0.2, 0.25) is 5.91 Å². The van der Waals surface area contributed by atoms with Crippen LogP contribution in [0, 0.1) is 18.8 Å². The van der Waals surface area contributed by atoms with Crippen LogP contribution < -0.4 is 11.1 Å². The number of pyridine rings is 1. The number of nitrogens with one attached hydrogen (secondary N) is 2. The molecule has 4 N–H and O–H groups in total. The van der Waals surface area contributed by atoms with Crippen LogP contribution in [0.15, 0.2) is 36.5 Å². The summed E-state index contributed by atoms with van der Waals surface area (Å²) in [6.45, 7) is 6.51. The van der Waals surface area contributed by atoms with Crippen molar-refractivity contribution < 1.29 is 4.79 Å². The fraction of sp³-hybridized carbons (Fsp3) is 0.500. The van der Waals surface area contributed by atoms with Gasteiger partial charge in [0.15, 0.2) is 0 Å². The average Bonchev–Trinajstić information content (AvgIpc) is 3.24. The number of aromatic amines is 1. The van der Waals surface area contributed by atoms with Crippen molar-refractivity contribution in [1.82, 2.24) is 15.3 Å². The minimum atomic E-state index is -0.215. The number of benzene rings is 1. The van der Waals surface area contributed by atoms with Gasteiger partial charge in [0.1, 0.15) is 0 Å². The van der Waals surface area contributed by atoms with Gasteiger partial charge in [-0.3, -0.25) is 9.78 Å². The van der Waals surface area contributed by atoms with Crippen molar-refractivity contribution in [3.05, 3.63) is 53.3 Å². The Hall–Kier alpha value is -2.66. The molecular weight excluding hydrogens is 408 g/mol. The summed E-state index contributed by atoms with van der Waals surface area (Å²) < 4.78 is 0. The van der Waals surface area contributed by atoms with Crippen molar-refractivity contribution in [3.63, 3.8) is 0 Å². The van der Waals surface area contributed by atoms with Crippen molar-refractivity contribution >= 4 is 16.8 Å². The first kappa shape index (κ1) is 22.1. The lowest BCUT2D eigenvalue weighted by atomic mass is 9.95. The highest BCUT2D eigenvalue weighted by molar-refractivity contribution is 5.92. The molecule has 0 spiro atoms. The third-order valence-corrected chi connectivity index (χ3v) is 7.57. The van der Waals surface area contributed by atoms with E-state index in [0.717, 1.165) is 24.1 Å². The number of carbonyl (C=O) groups is 1. The molecule has 5 rings (SSSR count). The van der Waals surface area contributed by atoms with Crippen molar-refractivity contribution in [1.29, 1.82) is 0 Å². The Kier molecular flexibility index (Phi) is 6.00. The summed E-state index contributed by atoms with van der Waals surface area (Å²) in [5.41, 5.74) is 13.3. The zero-order valence-corrected chi connectivity index (χ0v) is 20.0. The Morgan fingerprint density at radius 2 is 2.00 bits per heavy atom. The second kappa shape index (κ2) is 8.94. The molecular formula is C28H36N4O. The number of aryl methyl sites for hydroxylation is 1. The number of carbonyl (C=O) groups excluding carboxylic acids is 1. The van der Waals surface area contributed by atoms with Gasteiger partial charge in [-0.25, -0.2) is 0 Å². The number of H-pyrrole nitrogens is 1. The van der Waals surface area contributed by atoms with E-state index in [1.54, 1.807) is 0 Å². The lowest BCUT2D eigenvalue weighted by Gasteiger charge is -2.17. The Morgan fingerprint density at radius 1 is 1.21 bits per heavy atom. The highest BCUT2D eigenvalue weighted by Gasteiger charge is 2.44. The van der Waals surface area contributed by atoms with Crippen LogP contribution in [0.5, 0.6) is 0 Å². The Labute approximate surface area is 196 Å². The second-order valence-electron chi connectivity index (χ2n) is 10.5. The van der Waals surface area contributed by atoms with Gasteiger partial charge in [0.25, 0.3) is 0 Å². The monoisotopic (exact) mass is 444 g/mol. The van der Waals surface area contributed by atoms with Gasteiger partial charge < -0.3 is 16.0 Å². The molecule has 2 heterocycles. The molecule has 2 saturated carbocycles. The number of rotatable bonds is 7. The number of hydrogen-bond acceptors (Lipinski definition) is 3. The third-order valence-electron chi connectivity index (χ3n) is 7.57. The Morgan fingerprint density at radius 3 is 2.73 bits per heavy atom. The molecule has 0 radical (unpaired) electrons. The fourth-order valence-electron chi connectivity index (χ4n) is 5.80. The van der Waals surface area contributed by atoms with Crippen LogP contribution in [0.2, 0.25) is 0 Å². The first-order chi connectivity index (χ1) is 15.9. The number of hydrogen-bond donors (Lipinski definition) is 3. The predicted octanol–water partition coefficient (Wildman–Crippen LogP) is 5.75. The SMILES string of the molecule is Cc1cc(-c2[nH]c3ccc([C@@H]4C[C@H]4C(=O)NC(N)CC4CCCC4)cc3c2C(C)C)ccn1. The molecule has 2 fully saturated rings. The van der Waals surface area contributed by atoms with E-state index < -0.39 is 0 Å². The van der Waals surface area contributed by atoms with Crippen molar-refractivity contribution in [2.24, 2.45) is 17.6 Å². The molecule has 0 bridgehead atoms. The van der Waals surface area contributed by atoms with E-state index >= 15 is 0 Å². The van der Waals surface area contributed by atoms with Crippen molar-refractivity contribution in [3.8, 4) is 11.3 Å². The zero-order chi connectivity index (χ0) is 23.1. The molecule has 2 aliphatic rings. The minimum absolute atomic E-state index is 0.0424. The van der Waals surface area contributed by atoms with E-state index in [1.807, 2.05) is 13.1 Å². The van der Waals surface area contributed by atoms with Gasteiger partial charge in [-0.1, -0.05) is 45.6 Å². The van der Waals surface area contributed by atoms with Crippen LogP contribution in [0.25, 0.3) is 22.2 Å². The summed E-state index contributed by atoms with van der Waals surface area (Å²) in [4.78, 5) is 20.8. The molecule has 174 valence electrons. The van der Waals surface area contributed by atoms with Crippen LogP contribution in [0.3, 0.4) is 0 Å². The summed E-state index contributed by atoms with van der Waals surface area (Å²) in [5.74, 6) is 1.51. The topological polar surface area (TPSA) is 83.8 Å². The minimum Gasteiger partial charge on any atom is -0.354 e. The van der Waals surface area contributed by atoms with Crippen LogP contribution >= 0.6 is 0 Å². The first-order valence-electron chi connectivity index (χ1n) is 12.5. The average molecular weight is 445 g/mol. The molecule has 3 atom stereocenters. The maximum atomic E-state index is 12.8.